The highest BCUT2D eigenvalue weighted by Crippen LogP contribution is 2.35. The van der Waals surface area contributed by atoms with Crippen LogP contribution in [0.5, 0.6) is 0 Å². The van der Waals surface area contributed by atoms with Crippen LogP contribution in [0.15, 0.2) is 0 Å². The maximum absolute atomic E-state index is 11.4. The van der Waals surface area contributed by atoms with E-state index in [1.807, 2.05) is 20.8 Å². The van der Waals surface area contributed by atoms with Gasteiger partial charge in [-0.05, 0) is 52.0 Å². The minimum Gasteiger partial charge on any atom is -0.460 e. The van der Waals surface area contributed by atoms with Crippen molar-refractivity contribution in [3.05, 3.63) is 0 Å². The number of carbonyl (C=O) groups excluding carboxylic acids is 1. The molecule has 0 bridgehead atoms. The van der Waals surface area contributed by atoms with Crippen LogP contribution in [0.1, 0.15) is 47.0 Å². The zero-order chi connectivity index (χ0) is 12.2. The molecule has 3 nitrogen and oxygen atoms in total. The Kier molecular flexibility index (Phi) is 4.78. The molecule has 1 aliphatic rings. The summed E-state index contributed by atoms with van der Waals surface area (Å²) in [4.78, 5) is 11.4. The van der Waals surface area contributed by atoms with Crippen LogP contribution < -0.4 is 5.32 Å². The number of hydrogen-bond donors (Lipinski definition) is 1. The molecular formula is C13H25NO2. The SMILES string of the molecule is CC(CNCCC(=O)OC(C)(C)C)C1CC1. The highest BCUT2D eigenvalue weighted by Gasteiger charge is 2.27. The van der Waals surface area contributed by atoms with Crippen LogP contribution in [0.3, 0.4) is 0 Å². The van der Waals surface area contributed by atoms with E-state index in [1.165, 1.54) is 12.8 Å². The minimum atomic E-state index is -0.363. The van der Waals surface area contributed by atoms with Gasteiger partial charge in [-0.3, -0.25) is 4.79 Å². The van der Waals surface area contributed by atoms with Crippen molar-refractivity contribution in [2.45, 2.75) is 52.6 Å². The summed E-state index contributed by atoms with van der Waals surface area (Å²) >= 11 is 0. The first-order valence-electron chi connectivity index (χ1n) is 6.31. The van der Waals surface area contributed by atoms with Crippen molar-refractivity contribution in [2.75, 3.05) is 13.1 Å². The Morgan fingerprint density at radius 3 is 2.56 bits per heavy atom. The first kappa shape index (κ1) is 13.5. The Bertz CT molecular complexity index is 229. The number of ether oxygens (including phenoxy) is 1. The van der Waals surface area contributed by atoms with E-state index in [0.29, 0.717) is 6.42 Å². The summed E-state index contributed by atoms with van der Waals surface area (Å²) in [6.45, 7) is 9.71. The number of carbonyl (C=O) groups is 1. The summed E-state index contributed by atoms with van der Waals surface area (Å²) in [6, 6.07) is 0. The minimum absolute atomic E-state index is 0.112. The zero-order valence-corrected chi connectivity index (χ0v) is 11.0. The molecule has 94 valence electrons. The van der Waals surface area contributed by atoms with E-state index in [9.17, 15) is 4.79 Å². The number of hydrogen-bond acceptors (Lipinski definition) is 3. The molecule has 1 aliphatic carbocycles. The number of esters is 1. The molecule has 16 heavy (non-hydrogen) atoms. The second-order valence-corrected chi connectivity index (χ2v) is 5.86. The second-order valence-electron chi connectivity index (χ2n) is 5.86. The number of nitrogens with one attached hydrogen (secondary N) is 1. The van der Waals surface area contributed by atoms with Crippen LogP contribution in [0.2, 0.25) is 0 Å². The van der Waals surface area contributed by atoms with Gasteiger partial charge in [0.25, 0.3) is 0 Å². The predicted molar refractivity (Wildman–Crippen MR) is 65.2 cm³/mol. The van der Waals surface area contributed by atoms with Crippen LogP contribution in [0, 0.1) is 11.8 Å². The molecule has 1 saturated carbocycles. The lowest BCUT2D eigenvalue weighted by Gasteiger charge is -2.19. The standard InChI is InChI=1S/C13H25NO2/c1-10(11-5-6-11)9-14-8-7-12(15)16-13(2,3)4/h10-11,14H,5-9H2,1-4H3. The third-order valence-electron chi connectivity index (χ3n) is 2.82. The molecule has 1 fully saturated rings. The first-order chi connectivity index (χ1) is 7.38. The molecular weight excluding hydrogens is 202 g/mol. The van der Waals surface area contributed by atoms with Crippen molar-refractivity contribution in [3.8, 4) is 0 Å². The van der Waals surface area contributed by atoms with Crippen molar-refractivity contribution < 1.29 is 9.53 Å². The topological polar surface area (TPSA) is 38.3 Å². The van der Waals surface area contributed by atoms with E-state index in [4.69, 9.17) is 4.74 Å². The maximum Gasteiger partial charge on any atom is 0.307 e. The molecule has 1 N–H and O–H groups in total. The quantitative estimate of drug-likeness (QED) is 0.559. The fourth-order valence-electron chi connectivity index (χ4n) is 1.74. The van der Waals surface area contributed by atoms with E-state index >= 15 is 0 Å². The lowest BCUT2D eigenvalue weighted by molar-refractivity contribution is -0.154. The molecule has 0 heterocycles. The summed E-state index contributed by atoms with van der Waals surface area (Å²) < 4.78 is 5.23. The van der Waals surface area contributed by atoms with E-state index in [2.05, 4.69) is 12.2 Å². The van der Waals surface area contributed by atoms with Crippen molar-refractivity contribution in [1.29, 1.82) is 0 Å². The summed E-state index contributed by atoms with van der Waals surface area (Å²) in [6.07, 6.45) is 3.23. The second kappa shape index (κ2) is 5.67. The molecule has 0 saturated heterocycles. The normalized spacial score (nSPS) is 18.2. The van der Waals surface area contributed by atoms with Gasteiger partial charge >= 0.3 is 5.97 Å². The summed E-state index contributed by atoms with van der Waals surface area (Å²) in [5, 5.41) is 3.32. The smallest absolute Gasteiger partial charge is 0.307 e. The molecule has 0 aliphatic heterocycles. The lowest BCUT2D eigenvalue weighted by Crippen LogP contribution is -2.28. The van der Waals surface area contributed by atoms with Crippen LogP contribution in [0.25, 0.3) is 0 Å². The highest BCUT2D eigenvalue weighted by atomic mass is 16.6. The summed E-state index contributed by atoms with van der Waals surface area (Å²) in [5.74, 6) is 1.56. The fraction of sp³-hybridized carbons (Fsp3) is 0.923. The zero-order valence-electron chi connectivity index (χ0n) is 11.0. The van der Waals surface area contributed by atoms with Crippen LogP contribution >= 0.6 is 0 Å². The van der Waals surface area contributed by atoms with Crippen molar-refractivity contribution >= 4 is 5.97 Å². The van der Waals surface area contributed by atoms with Gasteiger partial charge in [-0.25, -0.2) is 0 Å². The molecule has 0 spiro atoms. The van der Waals surface area contributed by atoms with Crippen LogP contribution in [-0.2, 0) is 9.53 Å². The third kappa shape index (κ3) is 6.11. The van der Waals surface area contributed by atoms with Crippen molar-refractivity contribution in [3.63, 3.8) is 0 Å². The van der Waals surface area contributed by atoms with Gasteiger partial charge in [-0.2, -0.15) is 0 Å². The van der Waals surface area contributed by atoms with Gasteiger partial charge in [0.2, 0.25) is 0 Å². The molecule has 0 aromatic rings. The monoisotopic (exact) mass is 227 g/mol. The summed E-state index contributed by atoms with van der Waals surface area (Å²) in [5.41, 5.74) is -0.363. The molecule has 1 unspecified atom stereocenters. The third-order valence-corrected chi connectivity index (χ3v) is 2.82. The number of rotatable bonds is 6. The van der Waals surface area contributed by atoms with Crippen LogP contribution in [-0.4, -0.2) is 24.7 Å². The Morgan fingerprint density at radius 1 is 1.44 bits per heavy atom. The van der Waals surface area contributed by atoms with E-state index in [0.717, 1.165) is 24.9 Å². The first-order valence-corrected chi connectivity index (χ1v) is 6.31. The van der Waals surface area contributed by atoms with Crippen LogP contribution in [0.4, 0.5) is 0 Å². The van der Waals surface area contributed by atoms with Gasteiger partial charge in [0.1, 0.15) is 5.60 Å². The van der Waals surface area contributed by atoms with Crippen molar-refractivity contribution in [1.82, 2.24) is 5.32 Å². The maximum atomic E-state index is 11.4. The van der Waals surface area contributed by atoms with E-state index in [-0.39, 0.29) is 11.6 Å². The van der Waals surface area contributed by atoms with E-state index < -0.39 is 0 Å². The molecule has 1 atom stereocenters. The molecule has 1 rings (SSSR count). The molecule has 0 aromatic carbocycles. The average Bonchev–Trinajstić information content (AvgIpc) is 2.91. The van der Waals surface area contributed by atoms with Gasteiger partial charge in [0, 0.05) is 6.54 Å². The fourth-order valence-corrected chi connectivity index (χ4v) is 1.74. The van der Waals surface area contributed by atoms with Crippen molar-refractivity contribution in [2.24, 2.45) is 11.8 Å². The van der Waals surface area contributed by atoms with Gasteiger partial charge in [0.15, 0.2) is 0 Å². The molecule has 3 heteroatoms. The van der Waals surface area contributed by atoms with E-state index in [1.54, 1.807) is 0 Å². The lowest BCUT2D eigenvalue weighted by atomic mass is 10.1. The Morgan fingerprint density at radius 2 is 2.06 bits per heavy atom. The average molecular weight is 227 g/mol. The van der Waals surface area contributed by atoms with Gasteiger partial charge < -0.3 is 10.1 Å². The Labute approximate surface area is 98.9 Å². The molecule has 0 aromatic heterocycles. The Hall–Kier alpha value is -0.570. The van der Waals surface area contributed by atoms with Gasteiger partial charge in [-0.1, -0.05) is 6.92 Å². The molecule has 0 amide bonds. The summed E-state index contributed by atoms with van der Waals surface area (Å²) in [7, 11) is 0. The predicted octanol–water partition coefficient (Wildman–Crippen LogP) is 2.35. The van der Waals surface area contributed by atoms with Gasteiger partial charge in [0.05, 0.1) is 6.42 Å². The largest absolute Gasteiger partial charge is 0.460 e. The van der Waals surface area contributed by atoms with Gasteiger partial charge in [-0.15, -0.1) is 0 Å². The Balaban J connectivity index is 1.99. The molecule has 0 radical (unpaired) electrons. The highest BCUT2D eigenvalue weighted by molar-refractivity contribution is 5.70.